The summed E-state index contributed by atoms with van der Waals surface area (Å²) in [5, 5.41) is 8.74. The lowest BCUT2D eigenvalue weighted by Crippen LogP contribution is -2.11. The fraction of sp³-hybridized carbons (Fsp3) is 0.588. The monoisotopic (exact) mass is 280 g/mol. The third kappa shape index (κ3) is 10.6. The molecule has 3 heteroatoms. The van der Waals surface area contributed by atoms with Crippen LogP contribution in [0.5, 0.6) is 0 Å². The number of aliphatic carboxylic acids is 1. The molecular weight excluding hydrogens is 252 g/mol. The summed E-state index contributed by atoms with van der Waals surface area (Å²) in [6.07, 6.45) is 8.22. The van der Waals surface area contributed by atoms with Crippen LogP contribution >= 0.6 is 0 Å². The largest absolute Gasteiger partial charge is 0.478 e. The Kier molecular flexibility index (Phi) is 9.73. The first-order valence-corrected chi connectivity index (χ1v) is 7.17. The highest BCUT2D eigenvalue weighted by Crippen LogP contribution is 2.14. The van der Waals surface area contributed by atoms with E-state index < -0.39 is 5.97 Å². The van der Waals surface area contributed by atoms with E-state index in [4.69, 9.17) is 9.84 Å². The first-order valence-electron chi connectivity index (χ1n) is 7.17. The van der Waals surface area contributed by atoms with Crippen molar-refractivity contribution in [2.24, 2.45) is 0 Å². The maximum Gasteiger partial charge on any atom is 0.328 e. The van der Waals surface area contributed by atoms with Gasteiger partial charge < -0.3 is 9.84 Å². The molecule has 0 amide bonds. The Labute approximate surface area is 123 Å². The SMILES string of the molecule is CCO[C@H](/C=C(\C)CCC=C(C)C)C/C(C)=C/C(=O)O. The molecule has 0 aliphatic rings. The second-order valence-electron chi connectivity index (χ2n) is 5.36. The lowest BCUT2D eigenvalue weighted by molar-refractivity contribution is -0.131. The van der Waals surface area contributed by atoms with Crippen LogP contribution in [-0.4, -0.2) is 23.8 Å². The van der Waals surface area contributed by atoms with E-state index in [1.54, 1.807) is 0 Å². The molecule has 1 N–H and O–H groups in total. The molecule has 0 heterocycles. The van der Waals surface area contributed by atoms with Crippen molar-refractivity contribution in [2.45, 2.75) is 60.0 Å². The fourth-order valence-electron chi connectivity index (χ4n) is 1.96. The first-order chi connectivity index (χ1) is 9.35. The molecule has 0 aliphatic carbocycles. The summed E-state index contributed by atoms with van der Waals surface area (Å²) in [6, 6.07) is 0. The second-order valence-corrected chi connectivity index (χ2v) is 5.36. The molecule has 0 saturated carbocycles. The normalized spacial score (nSPS) is 14.1. The Bertz CT molecular complexity index is 385. The molecule has 0 spiro atoms. The summed E-state index contributed by atoms with van der Waals surface area (Å²) in [5.74, 6) is -0.901. The van der Waals surface area contributed by atoms with Gasteiger partial charge in [0.25, 0.3) is 0 Å². The van der Waals surface area contributed by atoms with Gasteiger partial charge in [0, 0.05) is 12.7 Å². The van der Waals surface area contributed by atoms with Gasteiger partial charge in [-0.25, -0.2) is 4.79 Å². The summed E-state index contributed by atoms with van der Waals surface area (Å²) in [7, 11) is 0. The summed E-state index contributed by atoms with van der Waals surface area (Å²) in [5.41, 5.74) is 3.44. The maximum absolute atomic E-state index is 10.6. The lowest BCUT2D eigenvalue weighted by Gasteiger charge is -2.14. The molecule has 20 heavy (non-hydrogen) atoms. The Morgan fingerprint density at radius 3 is 2.35 bits per heavy atom. The molecule has 3 nitrogen and oxygen atoms in total. The van der Waals surface area contributed by atoms with Crippen molar-refractivity contribution in [3.8, 4) is 0 Å². The van der Waals surface area contributed by atoms with Crippen LogP contribution in [0.25, 0.3) is 0 Å². The molecule has 0 radical (unpaired) electrons. The minimum Gasteiger partial charge on any atom is -0.478 e. The Hall–Kier alpha value is -1.35. The quantitative estimate of drug-likeness (QED) is 0.499. The zero-order valence-corrected chi connectivity index (χ0v) is 13.4. The maximum atomic E-state index is 10.6. The number of carboxylic acid groups (broad SMARTS) is 1. The van der Waals surface area contributed by atoms with Gasteiger partial charge in [0.2, 0.25) is 0 Å². The van der Waals surface area contributed by atoms with E-state index in [1.165, 1.54) is 17.2 Å². The van der Waals surface area contributed by atoms with Crippen LogP contribution in [0.4, 0.5) is 0 Å². The third-order valence-corrected chi connectivity index (χ3v) is 2.84. The molecule has 0 fully saturated rings. The average Bonchev–Trinajstić information content (AvgIpc) is 2.27. The van der Waals surface area contributed by atoms with Crippen LogP contribution in [0.2, 0.25) is 0 Å². The van der Waals surface area contributed by atoms with Crippen molar-refractivity contribution in [2.75, 3.05) is 6.61 Å². The minimum absolute atomic E-state index is 0.0395. The van der Waals surface area contributed by atoms with Crippen LogP contribution in [0.3, 0.4) is 0 Å². The number of carboxylic acids is 1. The molecule has 0 saturated heterocycles. The molecular formula is C17H28O3. The highest BCUT2D eigenvalue weighted by molar-refractivity contribution is 5.80. The number of allylic oxidation sites excluding steroid dienone is 3. The van der Waals surface area contributed by atoms with Crippen molar-refractivity contribution in [1.29, 1.82) is 0 Å². The van der Waals surface area contributed by atoms with Crippen molar-refractivity contribution < 1.29 is 14.6 Å². The van der Waals surface area contributed by atoms with E-state index in [2.05, 4.69) is 32.9 Å². The van der Waals surface area contributed by atoms with Gasteiger partial charge in [-0.1, -0.05) is 28.9 Å². The third-order valence-electron chi connectivity index (χ3n) is 2.84. The van der Waals surface area contributed by atoms with Gasteiger partial charge in [0.1, 0.15) is 0 Å². The van der Waals surface area contributed by atoms with E-state index in [0.29, 0.717) is 13.0 Å². The standard InChI is InChI=1S/C17H28O3/c1-6-20-16(11-15(5)12-17(18)19)10-14(4)9-7-8-13(2)3/h8,10,12,16H,6-7,9,11H2,1-5H3,(H,18,19)/b14-10+,15-12+/t16-/m1/s1. The van der Waals surface area contributed by atoms with Crippen LogP contribution in [0, 0.1) is 0 Å². The molecule has 0 aromatic rings. The summed E-state index contributed by atoms with van der Waals surface area (Å²) in [6.45, 7) is 10.7. The van der Waals surface area contributed by atoms with Crippen molar-refractivity contribution >= 4 is 5.97 Å². The molecule has 0 unspecified atom stereocenters. The van der Waals surface area contributed by atoms with E-state index in [-0.39, 0.29) is 6.10 Å². The Morgan fingerprint density at radius 1 is 1.20 bits per heavy atom. The minimum atomic E-state index is -0.901. The van der Waals surface area contributed by atoms with E-state index in [0.717, 1.165) is 18.4 Å². The predicted octanol–water partition coefficient (Wildman–Crippen LogP) is 4.51. The van der Waals surface area contributed by atoms with E-state index >= 15 is 0 Å². The molecule has 0 aromatic heterocycles. The van der Waals surface area contributed by atoms with Gasteiger partial charge >= 0.3 is 5.97 Å². The molecule has 114 valence electrons. The summed E-state index contributed by atoms with van der Waals surface area (Å²) < 4.78 is 5.67. The van der Waals surface area contributed by atoms with Crippen molar-refractivity contribution in [1.82, 2.24) is 0 Å². The summed E-state index contributed by atoms with van der Waals surface area (Å²) >= 11 is 0. The van der Waals surface area contributed by atoms with Crippen molar-refractivity contribution in [3.05, 3.63) is 34.9 Å². The smallest absolute Gasteiger partial charge is 0.328 e. The van der Waals surface area contributed by atoms with Crippen LogP contribution < -0.4 is 0 Å². The van der Waals surface area contributed by atoms with Gasteiger partial charge in [0.15, 0.2) is 0 Å². The van der Waals surface area contributed by atoms with Crippen LogP contribution in [-0.2, 0) is 9.53 Å². The van der Waals surface area contributed by atoms with Gasteiger partial charge in [-0.3, -0.25) is 0 Å². The van der Waals surface area contributed by atoms with E-state index in [1.807, 2.05) is 13.8 Å². The van der Waals surface area contributed by atoms with Crippen molar-refractivity contribution in [3.63, 3.8) is 0 Å². The molecule has 0 rings (SSSR count). The Balaban J connectivity index is 4.58. The zero-order valence-electron chi connectivity index (χ0n) is 13.4. The number of hydrogen-bond acceptors (Lipinski definition) is 2. The van der Waals surface area contributed by atoms with Gasteiger partial charge in [0.05, 0.1) is 6.10 Å². The first kappa shape index (κ1) is 18.7. The highest BCUT2D eigenvalue weighted by Gasteiger charge is 2.07. The number of rotatable bonds is 9. The zero-order chi connectivity index (χ0) is 15.5. The molecule has 0 aliphatic heterocycles. The predicted molar refractivity (Wildman–Crippen MR) is 83.8 cm³/mol. The molecule has 1 atom stereocenters. The second kappa shape index (κ2) is 10.4. The van der Waals surface area contributed by atoms with Crippen LogP contribution in [0.15, 0.2) is 34.9 Å². The average molecular weight is 280 g/mol. The molecule has 0 aromatic carbocycles. The van der Waals surface area contributed by atoms with Crippen LogP contribution in [0.1, 0.15) is 53.9 Å². The lowest BCUT2D eigenvalue weighted by atomic mass is 10.0. The molecule has 0 bridgehead atoms. The number of hydrogen-bond donors (Lipinski definition) is 1. The Morgan fingerprint density at radius 2 is 1.85 bits per heavy atom. The number of carbonyl (C=O) groups is 1. The van der Waals surface area contributed by atoms with Gasteiger partial charge in [-0.2, -0.15) is 0 Å². The fourth-order valence-corrected chi connectivity index (χ4v) is 1.96. The van der Waals surface area contributed by atoms with Gasteiger partial charge in [-0.05, 0) is 53.9 Å². The number of ether oxygens (including phenoxy) is 1. The summed E-state index contributed by atoms with van der Waals surface area (Å²) in [4.78, 5) is 10.6. The van der Waals surface area contributed by atoms with Gasteiger partial charge in [-0.15, -0.1) is 0 Å². The topological polar surface area (TPSA) is 46.5 Å². The van der Waals surface area contributed by atoms with E-state index in [9.17, 15) is 4.79 Å². The highest BCUT2D eigenvalue weighted by atomic mass is 16.5.